The van der Waals surface area contributed by atoms with Gasteiger partial charge in [0.05, 0.1) is 0 Å². The molecule has 0 saturated carbocycles. The third-order valence-corrected chi connectivity index (χ3v) is 3.55. The van der Waals surface area contributed by atoms with Crippen LogP contribution in [0.2, 0.25) is 0 Å². The second kappa shape index (κ2) is 7.33. The van der Waals surface area contributed by atoms with Crippen LogP contribution in [-0.4, -0.2) is 56.8 Å². The van der Waals surface area contributed by atoms with E-state index in [1.54, 1.807) is 25.7 Å². The first-order valence-electron chi connectivity index (χ1n) is 7.81. The number of amidine groups is 1. The summed E-state index contributed by atoms with van der Waals surface area (Å²) >= 11 is 0. The fourth-order valence-corrected chi connectivity index (χ4v) is 2.47. The third-order valence-electron chi connectivity index (χ3n) is 3.55. The highest BCUT2D eigenvalue weighted by molar-refractivity contribution is 6.06. The minimum Gasteiger partial charge on any atom is -0.444 e. The summed E-state index contributed by atoms with van der Waals surface area (Å²) in [6.45, 7) is 6.29. The molecule has 3 N–H and O–H groups in total. The van der Waals surface area contributed by atoms with E-state index in [2.05, 4.69) is 20.7 Å². The van der Waals surface area contributed by atoms with Crippen LogP contribution in [-0.2, 0) is 4.74 Å². The summed E-state index contributed by atoms with van der Waals surface area (Å²) in [7, 11) is 0. The van der Waals surface area contributed by atoms with E-state index in [-0.39, 0.29) is 17.4 Å². The van der Waals surface area contributed by atoms with E-state index < -0.39 is 17.6 Å². The van der Waals surface area contributed by atoms with Gasteiger partial charge in [-0.05, 0) is 39.7 Å². The molecule has 0 aliphatic carbocycles. The lowest BCUT2D eigenvalue weighted by Gasteiger charge is -2.34. The van der Waals surface area contributed by atoms with E-state index >= 15 is 0 Å². The van der Waals surface area contributed by atoms with Crippen molar-refractivity contribution in [2.45, 2.75) is 39.2 Å². The zero-order valence-electron chi connectivity index (χ0n) is 14.1. The Bertz CT molecular complexity index is 606. The van der Waals surface area contributed by atoms with Crippen molar-refractivity contribution in [1.82, 2.24) is 20.4 Å². The molecular weight excluding hydrogens is 314 g/mol. The van der Waals surface area contributed by atoms with Crippen molar-refractivity contribution in [3.8, 4) is 0 Å². The van der Waals surface area contributed by atoms with Crippen LogP contribution in [0.15, 0.2) is 17.4 Å². The van der Waals surface area contributed by atoms with E-state index in [1.165, 1.54) is 12.3 Å². The molecular formula is C15H23N5O4. The molecule has 0 aromatic carbocycles. The lowest BCUT2D eigenvalue weighted by atomic mass is 9.97. The van der Waals surface area contributed by atoms with Gasteiger partial charge in [-0.3, -0.25) is 9.89 Å². The summed E-state index contributed by atoms with van der Waals surface area (Å²) in [4.78, 5) is 25.8. The minimum atomic E-state index is -0.577. The van der Waals surface area contributed by atoms with Gasteiger partial charge in [0.15, 0.2) is 5.84 Å². The molecule has 9 nitrogen and oxygen atoms in total. The highest BCUT2D eigenvalue weighted by Gasteiger charge is 2.31. The standard InChI is InChI=1S/C15H23N5O4/c1-15(2,3)24-14(22)20-8-4-5-10(9-20)12(19-23)17-13(21)11-6-7-16-18-11/h6-7,10,23H,4-5,8-9H2,1-3H3,(H,16,18)(H,17,19,21). The summed E-state index contributed by atoms with van der Waals surface area (Å²) in [6.07, 6.45) is 2.46. The second-order valence-electron chi connectivity index (χ2n) is 6.68. The number of rotatable bonds is 2. The van der Waals surface area contributed by atoms with E-state index in [4.69, 9.17) is 4.74 Å². The van der Waals surface area contributed by atoms with Crippen LogP contribution in [0, 0.1) is 5.92 Å². The van der Waals surface area contributed by atoms with E-state index in [0.29, 0.717) is 19.5 Å². The molecule has 2 rings (SSSR count). The Balaban J connectivity index is 1.99. The number of nitrogens with zero attached hydrogens (tertiary/aromatic N) is 3. The number of oxime groups is 1. The molecule has 1 saturated heterocycles. The smallest absolute Gasteiger partial charge is 0.410 e. The largest absolute Gasteiger partial charge is 0.444 e. The predicted molar refractivity (Wildman–Crippen MR) is 85.8 cm³/mol. The molecule has 1 atom stereocenters. The number of hydrogen-bond donors (Lipinski definition) is 3. The summed E-state index contributed by atoms with van der Waals surface area (Å²) < 4.78 is 5.36. The average molecular weight is 337 g/mol. The topological polar surface area (TPSA) is 120 Å². The van der Waals surface area contributed by atoms with Gasteiger partial charge in [-0.15, -0.1) is 0 Å². The van der Waals surface area contributed by atoms with Crippen LogP contribution in [0.4, 0.5) is 4.79 Å². The monoisotopic (exact) mass is 337 g/mol. The summed E-state index contributed by atoms with van der Waals surface area (Å²) in [6, 6.07) is 1.51. The van der Waals surface area contributed by atoms with Gasteiger partial charge in [0, 0.05) is 25.2 Å². The van der Waals surface area contributed by atoms with Crippen molar-refractivity contribution in [2.24, 2.45) is 11.1 Å². The molecule has 24 heavy (non-hydrogen) atoms. The molecule has 2 heterocycles. The van der Waals surface area contributed by atoms with Crippen LogP contribution >= 0.6 is 0 Å². The van der Waals surface area contributed by atoms with Crippen LogP contribution in [0.25, 0.3) is 0 Å². The Kier molecular flexibility index (Phi) is 5.42. The molecule has 9 heteroatoms. The summed E-state index contributed by atoms with van der Waals surface area (Å²) in [5, 5.41) is 21.2. The molecule has 2 amide bonds. The zero-order chi connectivity index (χ0) is 17.7. The second-order valence-corrected chi connectivity index (χ2v) is 6.68. The van der Waals surface area contributed by atoms with Gasteiger partial charge in [-0.2, -0.15) is 5.10 Å². The normalized spacial score (nSPS) is 19.0. The molecule has 132 valence electrons. The first-order chi connectivity index (χ1) is 11.3. The SMILES string of the molecule is CC(C)(C)OC(=O)N1CCCC(C(=NO)NC(=O)c2ccn[nH]2)C1. The molecule has 1 unspecified atom stereocenters. The molecule has 1 aliphatic rings. The number of H-pyrrole nitrogens is 1. The fourth-order valence-electron chi connectivity index (χ4n) is 2.47. The number of likely N-dealkylation sites (tertiary alicyclic amines) is 1. The van der Waals surface area contributed by atoms with Gasteiger partial charge in [-0.1, -0.05) is 5.16 Å². The maximum Gasteiger partial charge on any atom is 0.410 e. The molecule has 1 aliphatic heterocycles. The molecule has 0 bridgehead atoms. The number of nitrogens with one attached hydrogen (secondary N) is 2. The number of piperidine rings is 1. The number of ether oxygens (including phenoxy) is 1. The van der Waals surface area contributed by atoms with Crippen LogP contribution in [0.3, 0.4) is 0 Å². The van der Waals surface area contributed by atoms with E-state index in [9.17, 15) is 14.8 Å². The maximum atomic E-state index is 12.2. The van der Waals surface area contributed by atoms with Crippen LogP contribution < -0.4 is 5.32 Å². The molecule has 0 spiro atoms. The number of hydrogen-bond acceptors (Lipinski definition) is 6. The first kappa shape index (κ1) is 17.8. The lowest BCUT2D eigenvalue weighted by molar-refractivity contribution is 0.0192. The van der Waals surface area contributed by atoms with E-state index in [1.807, 2.05) is 0 Å². The van der Waals surface area contributed by atoms with Gasteiger partial charge < -0.3 is 20.2 Å². The first-order valence-corrected chi connectivity index (χ1v) is 7.81. The average Bonchev–Trinajstić information content (AvgIpc) is 3.05. The predicted octanol–water partition coefficient (Wildman–Crippen LogP) is 1.57. The van der Waals surface area contributed by atoms with Crippen LogP contribution in [0.1, 0.15) is 44.1 Å². The van der Waals surface area contributed by atoms with Gasteiger partial charge in [0.2, 0.25) is 0 Å². The Morgan fingerprint density at radius 1 is 1.50 bits per heavy atom. The Morgan fingerprint density at radius 2 is 2.25 bits per heavy atom. The maximum absolute atomic E-state index is 12.2. The van der Waals surface area contributed by atoms with Crippen molar-refractivity contribution in [1.29, 1.82) is 0 Å². The molecule has 0 radical (unpaired) electrons. The van der Waals surface area contributed by atoms with Crippen molar-refractivity contribution < 1.29 is 19.5 Å². The fraction of sp³-hybridized carbons (Fsp3) is 0.600. The van der Waals surface area contributed by atoms with Gasteiger partial charge >= 0.3 is 6.09 Å². The number of aromatic nitrogens is 2. The lowest BCUT2D eigenvalue weighted by Crippen LogP contribution is -2.48. The quantitative estimate of drug-likeness (QED) is 0.327. The Hall–Kier alpha value is -2.58. The summed E-state index contributed by atoms with van der Waals surface area (Å²) in [5.74, 6) is -0.597. The van der Waals surface area contributed by atoms with E-state index in [0.717, 1.165) is 6.42 Å². The number of carbonyl (C=O) groups excluding carboxylic acids is 2. The molecule has 1 fully saturated rings. The minimum absolute atomic E-state index is 0.128. The Morgan fingerprint density at radius 3 is 2.83 bits per heavy atom. The number of amides is 2. The molecule has 1 aromatic rings. The Labute approximate surface area is 140 Å². The number of aromatic amines is 1. The zero-order valence-corrected chi connectivity index (χ0v) is 14.1. The van der Waals surface area contributed by atoms with Crippen molar-refractivity contribution in [2.75, 3.05) is 13.1 Å². The van der Waals surface area contributed by atoms with Crippen molar-refractivity contribution in [3.63, 3.8) is 0 Å². The van der Waals surface area contributed by atoms with Crippen molar-refractivity contribution in [3.05, 3.63) is 18.0 Å². The third kappa shape index (κ3) is 4.71. The van der Waals surface area contributed by atoms with Crippen LogP contribution in [0.5, 0.6) is 0 Å². The highest BCUT2D eigenvalue weighted by atomic mass is 16.6. The van der Waals surface area contributed by atoms with Gasteiger partial charge in [-0.25, -0.2) is 4.79 Å². The van der Waals surface area contributed by atoms with Gasteiger partial charge in [0.25, 0.3) is 5.91 Å². The highest BCUT2D eigenvalue weighted by Crippen LogP contribution is 2.20. The van der Waals surface area contributed by atoms with Gasteiger partial charge in [0.1, 0.15) is 11.3 Å². The van der Waals surface area contributed by atoms with Crippen molar-refractivity contribution >= 4 is 17.8 Å². The molecule has 1 aromatic heterocycles. The number of carbonyl (C=O) groups is 2. The summed E-state index contributed by atoms with van der Waals surface area (Å²) in [5.41, 5.74) is -0.316.